The number of hydrogen-bond donors (Lipinski definition) is 2. The maximum atomic E-state index is 12.5. The van der Waals surface area contributed by atoms with Gasteiger partial charge < -0.3 is 16.0 Å². The van der Waals surface area contributed by atoms with Crippen molar-refractivity contribution in [1.82, 2.24) is 10.2 Å². The van der Waals surface area contributed by atoms with Crippen LogP contribution < -0.4 is 11.1 Å². The zero-order chi connectivity index (χ0) is 15.5. The lowest BCUT2D eigenvalue weighted by atomic mass is 10.1. The molecule has 1 unspecified atom stereocenters. The molecule has 5 heteroatoms. The van der Waals surface area contributed by atoms with Crippen LogP contribution in [0.1, 0.15) is 37.7 Å². The number of likely N-dealkylation sites (tertiary alicyclic amines) is 1. The number of amides is 2. The van der Waals surface area contributed by atoms with Gasteiger partial charge in [-0.15, -0.1) is 0 Å². The van der Waals surface area contributed by atoms with Crippen molar-refractivity contribution in [2.45, 2.75) is 50.6 Å². The Bertz CT molecular complexity index is 569. The Balaban J connectivity index is 1.56. The average Bonchev–Trinajstić information content (AvgIpc) is 3.18. The van der Waals surface area contributed by atoms with Crippen LogP contribution in [-0.4, -0.2) is 35.3 Å². The third kappa shape index (κ3) is 3.40. The smallest absolute Gasteiger partial charge is 0.243 e. The Morgan fingerprint density at radius 1 is 1.23 bits per heavy atom. The molecule has 0 bridgehead atoms. The number of nitrogen functional groups attached to an aromatic ring is 1. The van der Waals surface area contributed by atoms with E-state index in [2.05, 4.69) is 5.32 Å². The second-order valence-electron chi connectivity index (χ2n) is 6.23. The number of nitrogens with zero attached hydrogens (tertiary/aromatic N) is 1. The van der Waals surface area contributed by atoms with Gasteiger partial charge in [0.1, 0.15) is 6.04 Å². The number of nitrogens with one attached hydrogen (secondary N) is 1. The van der Waals surface area contributed by atoms with Gasteiger partial charge in [-0.3, -0.25) is 9.59 Å². The van der Waals surface area contributed by atoms with Crippen LogP contribution in [0, 0.1) is 0 Å². The van der Waals surface area contributed by atoms with Crippen molar-refractivity contribution in [1.29, 1.82) is 0 Å². The average molecular weight is 301 g/mol. The number of anilines is 1. The molecule has 1 atom stereocenters. The highest BCUT2D eigenvalue weighted by Gasteiger charge is 2.36. The summed E-state index contributed by atoms with van der Waals surface area (Å²) in [7, 11) is 0. The molecule has 0 radical (unpaired) electrons. The first-order valence-corrected chi connectivity index (χ1v) is 8.08. The van der Waals surface area contributed by atoms with E-state index in [1.807, 2.05) is 24.3 Å². The van der Waals surface area contributed by atoms with E-state index >= 15 is 0 Å². The quantitative estimate of drug-likeness (QED) is 0.809. The minimum Gasteiger partial charge on any atom is -0.399 e. The first-order chi connectivity index (χ1) is 10.6. The fourth-order valence-corrected chi connectivity index (χ4v) is 3.01. The molecule has 22 heavy (non-hydrogen) atoms. The second-order valence-corrected chi connectivity index (χ2v) is 6.23. The fourth-order valence-electron chi connectivity index (χ4n) is 3.01. The number of benzene rings is 1. The lowest BCUT2D eigenvalue weighted by molar-refractivity contribution is -0.138. The van der Waals surface area contributed by atoms with Gasteiger partial charge in [0, 0.05) is 24.7 Å². The maximum Gasteiger partial charge on any atom is 0.243 e. The molecule has 1 aliphatic heterocycles. The second kappa shape index (κ2) is 6.38. The van der Waals surface area contributed by atoms with E-state index in [1.165, 1.54) is 0 Å². The molecule has 1 heterocycles. The van der Waals surface area contributed by atoms with Crippen molar-refractivity contribution in [2.75, 3.05) is 12.3 Å². The number of rotatable bonds is 5. The van der Waals surface area contributed by atoms with Crippen molar-refractivity contribution in [3.8, 4) is 0 Å². The van der Waals surface area contributed by atoms with E-state index in [0.29, 0.717) is 25.4 Å². The summed E-state index contributed by atoms with van der Waals surface area (Å²) in [6.45, 7) is 0.686. The molecule has 2 aliphatic rings. The molecule has 1 aliphatic carbocycles. The van der Waals surface area contributed by atoms with Crippen LogP contribution >= 0.6 is 0 Å². The van der Waals surface area contributed by atoms with E-state index in [4.69, 9.17) is 5.73 Å². The van der Waals surface area contributed by atoms with E-state index in [0.717, 1.165) is 36.9 Å². The van der Waals surface area contributed by atoms with Crippen molar-refractivity contribution >= 4 is 17.5 Å². The summed E-state index contributed by atoms with van der Waals surface area (Å²) >= 11 is 0. The molecule has 1 aromatic carbocycles. The van der Waals surface area contributed by atoms with E-state index in [1.54, 1.807) is 4.90 Å². The van der Waals surface area contributed by atoms with Gasteiger partial charge in [0.15, 0.2) is 0 Å². The molecule has 118 valence electrons. The van der Waals surface area contributed by atoms with Gasteiger partial charge in [-0.25, -0.2) is 0 Å². The van der Waals surface area contributed by atoms with Gasteiger partial charge in [-0.05, 0) is 43.7 Å². The zero-order valence-electron chi connectivity index (χ0n) is 12.8. The van der Waals surface area contributed by atoms with Crippen LogP contribution in [0.25, 0.3) is 0 Å². The highest BCUT2D eigenvalue weighted by Crippen LogP contribution is 2.23. The van der Waals surface area contributed by atoms with Crippen LogP contribution in [0.2, 0.25) is 0 Å². The number of carbonyl (C=O) groups excluding carboxylic acids is 2. The predicted molar refractivity (Wildman–Crippen MR) is 85.1 cm³/mol. The molecular formula is C17H23N3O2. The molecular weight excluding hydrogens is 278 g/mol. The molecule has 3 rings (SSSR count). The summed E-state index contributed by atoms with van der Waals surface area (Å²) < 4.78 is 0. The monoisotopic (exact) mass is 301 g/mol. The largest absolute Gasteiger partial charge is 0.399 e. The number of aryl methyl sites for hydroxylation is 1. The van der Waals surface area contributed by atoms with Crippen LogP contribution in [0.5, 0.6) is 0 Å². The van der Waals surface area contributed by atoms with Crippen molar-refractivity contribution in [3.63, 3.8) is 0 Å². The summed E-state index contributed by atoms with van der Waals surface area (Å²) in [6, 6.07) is 7.68. The van der Waals surface area contributed by atoms with Gasteiger partial charge in [-0.1, -0.05) is 18.2 Å². The molecule has 2 amide bonds. The number of carbonyl (C=O) groups is 2. The number of para-hydroxylation sites is 1. The van der Waals surface area contributed by atoms with Gasteiger partial charge in [0.25, 0.3) is 0 Å². The molecule has 2 fully saturated rings. The van der Waals surface area contributed by atoms with E-state index < -0.39 is 0 Å². The third-order valence-corrected chi connectivity index (χ3v) is 4.46. The Morgan fingerprint density at radius 3 is 2.73 bits per heavy atom. The fraction of sp³-hybridized carbons (Fsp3) is 0.529. The standard InChI is InChI=1S/C17H23N3O2/c18-14-5-2-1-4-12(14)7-10-16(21)20-11-3-6-15(20)17(22)19-13-8-9-13/h1-2,4-5,13,15H,3,6-11,18H2,(H,19,22). The summed E-state index contributed by atoms with van der Waals surface area (Å²) in [5, 5.41) is 3.01. The first kappa shape index (κ1) is 14.9. The highest BCUT2D eigenvalue weighted by atomic mass is 16.2. The SMILES string of the molecule is Nc1ccccc1CCC(=O)N1CCCC1C(=O)NC1CC1. The van der Waals surface area contributed by atoms with Crippen LogP contribution in [-0.2, 0) is 16.0 Å². The molecule has 0 aromatic heterocycles. The number of nitrogens with two attached hydrogens (primary N) is 1. The van der Waals surface area contributed by atoms with Gasteiger partial charge in [0.2, 0.25) is 11.8 Å². The normalized spacial score (nSPS) is 20.9. The van der Waals surface area contributed by atoms with Crippen molar-refractivity contribution in [2.24, 2.45) is 0 Å². The third-order valence-electron chi connectivity index (χ3n) is 4.46. The lowest BCUT2D eigenvalue weighted by Gasteiger charge is -2.24. The van der Waals surface area contributed by atoms with Crippen LogP contribution in [0.15, 0.2) is 24.3 Å². The first-order valence-electron chi connectivity index (χ1n) is 8.08. The summed E-state index contributed by atoms with van der Waals surface area (Å²) in [5.41, 5.74) is 7.62. The van der Waals surface area contributed by atoms with Gasteiger partial charge >= 0.3 is 0 Å². The Kier molecular flexibility index (Phi) is 4.32. The summed E-state index contributed by atoms with van der Waals surface area (Å²) in [6.07, 6.45) is 4.85. The minimum absolute atomic E-state index is 0.0209. The van der Waals surface area contributed by atoms with E-state index in [-0.39, 0.29) is 17.9 Å². The summed E-state index contributed by atoms with van der Waals surface area (Å²) in [4.78, 5) is 26.4. The van der Waals surface area contributed by atoms with Crippen LogP contribution in [0.4, 0.5) is 5.69 Å². The summed E-state index contributed by atoms with van der Waals surface area (Å²) in [5.74, 6) is 0.0734. The molecule has 5 nitrogen and oxygen atoms in total. The van der Waals surface area contributed by atoms with E-state index in [9.17, 15) is 9.59 Å². The molecule has 1 saturated carbocycles. The minimum atomic E-state index is -0.277. The molecule has 1 saturated heterocycles. The highest BCUT2D eigenvalue weighted by molar-refractivity contribution is 5.88. The van der Waals surface area contributed by atoms with Crippen molar-refractivity contribution in [3.05, 3.63) is 29.8 Å². The molecule has 1 aromatic rings. The van der Waals surface area contributed by atoms with Crippen molar-refractivity contribution < 1.29 is 9.59 Å². The zero-order valence-corrected chi connectivity index (χ0v) is 12.8. The molecule has 3 N–H and O–H groups in total. The van der Waals surface area contributed by atoms with Crippen LogP contribution in [0.3, 0.4) is 0 Å². The van der Waals surface area contributed by atoms with Gasteiger partial charge in [-0.2, -0.15) is 0 Å². The maximum absolute atomic E-state index is 12.5. The van der Waals surface area contributed by atoms with Gasteiger partial charge in [0.05, 0.1) is 0 Å². The lowest BCUT2D eigenvalue weighted by Crippen LogP contribution is -2.46. The predicted octanol–water partition coefficient (Wildman–Crippen LogP) is 1.47. The Labute approximate surface area is 130 Å². The number of hydrogen-bond acceptors (Lipinski definition) is 3. The Hall–Kier alpha value is -2.04. The topological polar surface area (TPSA) is 75.4 Å². The Morgan fingerprint density at radius 2 is 2.00 bits per heavy atom. The molecule has 0 spiro atoms.